The highest BCUT2D eigenvalue weighted by molar-refractivity contribution is 5.46. The van der Waals surface area contributed by atoms with Crippen LogP contribution in [0.25, 0.3) is 0 Å². The molecule has 5 heteroatoms. The quantitative estimate of drug-likeness (QED) is 0.885. The van der Waals surface area contributed by atoms with E-state index in [0.717, 1.165) is 12.1 Å². The summed E-state index contributed by atoms with van der Waals surface area (Å²) in [7, 11) is 0. The fourth-order valence-electron chi connectivity index (χ4n) is 1.64. The molecule has 18 heavy (non-hydrogen) atoms. The Kier molecular flexibility index (Phi) is 3.92. The van der Waals surface area contributed by atoms with Crippen LogP contribution in [-0.4, -0.2) is 10.2 Å². The Morgan fingerprint density at radius 3 is 2.61 bits per heavy atom. The van der Waals surface area contributed by atoms with E-state index in [1.165, 1.54) is 6.07 Å². The molecule has 1 aromatic heterocycles. The van der Waals surface area contributed by atoms with Gasteiger partial charge in [-0.2, -0.15) is 0 Å². The molecule has 2 rings (SSSR count). The number of aryl methyl sites for hydroxylation is 2. The van der Waals surface area contributed by atoms with Crippen molar-refractivity contribution in [2.24, 2.45) is 0 Å². The van der Waals surface area contributed by atoms with Crippen LogP contribution in [-0.2, 0) is 19.4 Å². The number of aromatic nitrogens is 2. The zero-order chi connectivity index (χ0) is 13.0. The van der Waals surface area contributed by atoms with Crippen molar-refractivity contribution in [2.75, 3.05) is 5.32 Å². The van der Waals surface area contributed by atoms with Crippen LogP contribution in [0, 0.1) is 5.82 Å². The highest BCUT2D eigenvalue weighted by Gasteiger charge is 2.05. The van der Waals surface area contributed by atoms with E-state index >= 15 is 0 Å². The van der Waals surface area contributed by atoms with E-state index in [9.17, 15) is 4.39 Å². The SMILES string of the molecule is CCc1nnc(CNc2ccc(F)c(CC)c2)o1. The first kappa shape index (κ1) is 12.5. The van der Waals surface area contributed by atoms with Crippen molar-refractivity contribution in [1.82, 2.24) is 10.2 Å². The van der Waals surface area contributed by atoms with Crippen molar-refractivity contribution < 1.29 is 8.81 Å². The summed E-state index contributed by atoms with van der Waals surface area (Å²) in [5, 5.41) is 10.9. The summed E-state index contributed by atoms with van der Waals surface area (Å²) in [6, 6.07) is 4.96. The molecular weight excluding hydrogens is 233 g/mol. The van der Waals surface area contributed by atoms with Crippen LogP contribution in [0.4, 0.5) is 10.1 Å². The van der Waals surface area contributed by atoms with Crippen LogP contribution in [0.5, 0.6) is 0 Å². The number of hydrogen-bond acceptors (Lipinski definition) is 4. The predicted octanol–water partition coefficient (Wildman–Crippen LogP) is 2.95. The average Bonchev–Trinajstić information content (AvgIpc) is 2.86. The second kappa shape index (κ2) is 5.62. The number of halogens is 1. The summed E-state index contributed by atoms with van der Waals surface area (Å²) in [5.74, 6) is 0.989. The predicted molar refractivity (Wildman–Crippen MR) is 66.8 cm³/mol. The molecule has 1 N–H and O–H groups in total. The minimum atomic E-state index is -0.172. The third-order valence-corrected chi connectivity index (χ3v) is 2.68. The molecule has 0 bridgehead atoms. The van der Waals surface area contributed by atoms with Gasteiger partial charge in [0.15, 0.2) is 0 Å². The fourth-order valence-corrected chi connectivity index (χ4v) is 1.64. The molecule has 0 saturated carbocycles. The van der Waals surface area contributed by atoms with Gasteiger partial charge in [0, 0.05) is 12.1 Å². The van der Waals surface area contributed by atoms with Gasteiger partial charge in [-0.1, -0.05) is 13.8 Å². The van der Waals surface area contributed by atoms with Crippen molar-refractivity contribution in [2.45, 2.75) is 33.2 Å². The molecule has 4 nitrogen and oxygen atoms in total. The van der Waals surface area contributed by atoms with Crippen LogP contribution in [0.2, 0.25) is 0 Å². The third kappa shape index (κ3) is 2.85. The molecule has 0 amide bonds. The zero-order valence-corrected chi connectivity index (χ0v) is 10.5. The lowest BCUT2D eigenvalue weighted by atomic mass is 10.1. The number of benzene rings is 1. The molecule has 0 radical (unpaired) electrons. The summed E-state index contributed by atoms with van der Waals surface area (Å²) in [4.78, 5) is 0. The van der Waals surface area contributed by atoms with Crippen LogP contribution < -0.4 is 5.32 Å². The minimum absolute atomic E-state index is 0.172. The Balaban J connectivity index is 2.01. The van der Waals surface area contributed by atoms with Crippen LogP contribution >= 0.6 is 0 Å². The van der Waals surface area contributed by atoms with Gasteiger partial charge < -0.3 is 9.73 Å². The summed E-state index contributed by atoms with van der Waals surface area (Å²) in [5.41, 5.74) is 1.55. The molecule has 0 aliphatic rings. The molecule has 0 saturated heterocycles. The molecule has 0 atom stereocenters. The van der Waals surface area contributed by atoms with Gasteiger partial charge in [0.05, 0.1) is 6.54 Å². The second-order valence-corrected chi connectivity index (χ2v) is 3.96. The van der Waals surface area contributed by atoms with Crippen LogP contribution in [0.15, 0.2) is 22.6 Å². The number of rotatable bonds is 5. The van der Waals surface area contributed by atoms with Gasteiger partial charge in [-0.3, -0.25) is 0 Å². The van der Waals surface area contributed by atoms with E-state index in [2.05, 4.69) is 15.5 Å². The van der Waals surface area contributed by atoms with Crippen LogP contribution in [0.3, 0.4) is 0 Å². The Bertz CT molecular complexity index is 525. The van der Waals surface area contributed by atoms with Crippen molar-refractivity contribution in [3.8, 4) is 0 Å². The molecular formula is C13H16FN3O. The highest BCUT2D eigenvalue weighted by atomic mass is 19.1. The van der Waals surface area contributed by atoms with Crippen molar-refractivity contribution >= 4 is 5.69 Å². The van der Waals surface area contributed by atoms with Gasteiger partial charge in [0.25, 0.3) is 0 Å². The minimum Gasteiger partial charge on any atom is -0.423 e. The fraction of sp³-hybridized carbons (Fsp3) is 0.385. The molecule has 0 unspecified atom stereocenters. The Labute approximate surface area is 105 Å². The van der Waals surface area contributed by atoms with E-state index in [1.807, 2.05) is 13.8 Å². The molecule has 96 valence electrons. The Morgan fingerprint density at radius 2 is 1.94 bits per heavy atom. The van der Waals surface area contributed by atoms with Crippen LogP contribution in [0.1, 0.15) is 31.2 Å². The van der Waals surface area contributed by atoms with Gasteiger partial charge in [-0.25, -0.2) is 4.39 Å². The van der Waals surface area contributed by atoms with Gasteiger partial charge in [-0.05, 0) is 30.2 Å². The number of nitrogens with zero attached hydrogens (tertiary/aromatic N) is 2. The topological polar surface area (TPSA) is 51.0 Å². The van der Waals surface area contributed by atoms with E-state index in [-0.39, 0.29) is 5.82 Å². The number of anilines is 1. The van der Waals surface area contributed by atoms with Gasteiger partial charge >= 0.3 is 0 Å². The smallest absolute Gasteiger partial charge is 0.235 e. The van der Waals surface area contributed by atoms with Crippen molar-refractivity contribution in [1.29, 1.82) is 0 Å². The van der Waals surface area contributed by atoms with Crippen molar-refractivity contribution in [3.05, 3.63) is 41.4 Å². The van der Waals surface area contributed by atoms with E-state index in [0.29, 0.717) is 30.3 Å². The van der Waals surface area contributed by atoms with Gasteiger partial charge in [-0.15, -0.1) is 10.2 Å². The molecule has 1 heterocycles. The van der Waals surface area contributed by atoms with E-state index < -0.39 is 0 Å². The van der Waals surface area contributed by atoms with Gasteiger partial charge in [0.2, 0.25) is 11.8 Å². The molecule has 0 aliphatic carbocycles. The largest absolute Gasteiger partial charge is 0.423 e. The van der Waals surface area contributed by atoms with Gasteiger partial charge in [0.1, 0.15) is 5.82 Å². The maximum absolute atomic E-state index is 13.3. The molecule has 2 aromatic rings. The Morgan fingerprint density at radius 1 is 1.17 bits per heavy atom. The molecule has 0 spiro atoms. The highest BCUT2D eigenvalue weighted by Crippen LogP contribution is 2.16. The number of nitrogens with one attached hydrogen (secondary N) is 1. The van der Waals surface area contributed by atoms with E-state index in [1.54, 1.807) is 12.1 Å². The lowest BCUT2D eigenvalue weighted by Gasteiger charge is -2.06. The van der Waals surface area contributed by atoms with E-state index in [4.69, 9.17) is 4.42 Å². The first-order chi connectivity index (χ1) is 8.72. The zero-order valence-electron chi connectivity index (χ0n) is 10.5. The lowest BCUT2D eigenvalue weighted by molar-refractivity contribution is 0.460. The van der Waals surface area contributed by atoms with Crippen molar-refractivity contribution in [3.63, 3.8) is 0 Å². The maximum atomic E-state index is 13.3. The maximum Gasteiger partial charge on any atom is 0.235 e. The summed E-state index contributed by atoms with van der Waals surface area (Å²) in [6.07, 6.45) is 1.39. The lowest BCUT2D eigenvalue weighted by Crippen LogP contribution is -2.01. The standard InChI is InChI=1S/C13H16FN3O/c1-3-9-7-10(5-6-11(9)14)15-8-13-17-16-12(4-2)18-13/h5-7,15H,3-4,8H2,1-2H3. The average molecular weight is 249 g/mol. The molecule has 0 aliphatic heterocycles. The third-order valence-electron chi connectivity index (χ3n) is 2.68. The summed E-state index contributed by atoms with van der Waals surface area (Å²) >= 11 is 0. The summed E-state index contributed by atoms with van der Waals surface area (Å²) in [6.45, 7) is 4.33. The molecule has 0 fully saturated rings. The normalized spacial score (nSPS) is 10.6. The first-order valence-corrected chi connectivity index (χ1v) is 6.06. The second-order valence-electron chi connectivity index (χ2n) is 3.96. The molecule has 1 aromatic carbocycles. The summed E-state index contributed by atoms with van der Waals surface area (Å²) < 4.78 is 18.7. The first-order valence-electron chi connectivity index (χ1n) is 6.06. The number of hydrogen-bond donors (Lipinski definition) is 1. The Hall–Kier alpha value is -1.91. The monoisotopic (exact) mass is 249 g/mol.